The van der Waals surface area contributed by atoms with E-state index in [0.29, 0.717) is 5.65 Å². The highest BCUT2D eigenvalue weighted by atomic mass is 16.4. The van der Waals surface area contributed by atoms with E-state index in [9.17, 15) is 4.79 Å². The predicted octanol–water partition coefficient (Wildman–Crippen LogP) is 1.14. The Morgan fingerprint density at radius 1 is 1.42 bits per heavy atom. The molecule has 19 heavy (non-hydrogen) atoms. The number of aryl methyl sites for hydroxylation is 2. The van der Waals surface area contributed by atoms with Gasteiger partial charge in [-0.1, -0.05) is 0 Å². The van der Waals surface area contributed by atoms with Gasteiger partial charge in [0, 0.05) is 25.0 Å². The first-order chi connectivity index (χ1) is 9.08. The SMILES string of the molecule is Cc1nn(C)cc1-c1ccnc2c(C(=O)O)cnn12. The molecule has 0 aliphatic carbocycles. The van der Waals surface area contributed by atoms with Gasteiger partial charge in [0.1, 0.15) is 5.56 Å². The maximum Gasteiger partial charge on any atom is 0.341 e. The van der Waals surface area contributed by atoms with Crippen LogP contribution in [0.1, 0.15) is 16.1 Å². The molecule has 3 aromatic rings. The standard InChI is InChI=1S/C12H11N5O2/c1-7-9(6-16(2)15-7)10-3-4-13-11-8(12(18)19)5-14-17(10)11/h3-6H,1-2H3,(H,18,19). The molecule has 0 bridgehead atoms. The Labute approximate surface area is 108 Å². The summed E-state index contributed by atoms with van der Waals surface area (Å²) in [6.45, 7) is 1.89. The molecule has 0 fully saturated rings. The summed E-state index contributed by atoms with van der Waals surface area (Å²) < 4.78 is 3.23. The van der Waals surface area contributed by atoms with Crippen LogP contribution < -0.4 is 0 Å². The third-order valence-corrected chi connectivity index (χ3v) is 2.92. The van der Waals surface area contributed by atoms with E-state index in [1.54, 1.807) is 16.9 Å². The van der Waals surface area contributed by atoms with Crippen molar-refractivity contribution in [2.75, 3.05) is 0 Å². The van der Waals surface area contributed by atoms with Crippen LogP contribution in [-0.4, -0.2) is 35.5 Å². The van der Waals surface area contributed by atoms with E-state index in [1.165, 1.54) is 10.7 Å². The third kappa shape index (κ3) is 1.67. The van der Waals surface area contributed by atoms with Crippen LogP contribution in [0.4, 0.5) is 0 Å². The van der Waals surface area contributed by atoms with Crippen LogP contribution in [-0.2, 0) is 7.05 Å². The molecule has 3 heterocycles. The fourth-order valence-electron chi connectivity index (χ4n) is 2.10. The quantitative estimate of drug-likeness (QED) is 0.744. The Hall–Kier alpha value is -2.70. The van der Waals surface area contributed by atoms with E-state index >= 15 is 0 Å². The summed E-state index contributed by atoms with van der Waals surface area (Å²) in [6, 6.07) is 1.79. The van der Waals surface area contributed by atoms with Gasteiger partial charge in [-0.25, -0.2) is 14.3 Å². The molecular formula is C12H11N5O2. The van der Waals surface area contributed by atoms with Crippen molar-refractivity contribution in [2.45, 2.75) is 6.92 Å². The van der Waals surface area contributed by atoms with Gasteiger partial charge in [0.05, 0.1) is 17.6 Å². The fourth-order valence-corrected chi connectivity index (χ4v) is 2.10. The van der Waals surface area contributed by atoms with Crippen LogP contribution in [0, 0.1) is 6.92 Å². The maximum atomic E-state index is 11.1. The van der Waals surface area contributed by atoms with E-state index in [4.69, 9.17) is 5.11 Å². The van der Waals surface area contributed by atoms with E-state index < -0.39 is 5.97 Å². The molecule has 0 spiro atoms. The third-order valence-electron chi connectivity index (χ3n) is 2.92. The Morgan fingerprint density at radius 2 is 2.21 bits per heavy atom. The summed E-state index contributed by atoms with van der Waals surface area (Å²) >= 11 is 0. The Kier molecular flexibility index (Phi) is 2.34. The van der Waals surface area contributed by atoms with Crippen molar-refractivity contribution < 1.29 is 9.90 Å². The van der Waals surface area contributed by atoms with Crippen LogP contribution >= 0.6 is 0 Å². The smallest absolute Gasteiger partial charge is 0.341 e. The first kappa shape index (κ1) is 11.4. The minimum atomic E-state index is -1.04. The lowest BCUT2D eigenvalue weighted by molar-refractivity contribution is 0.0699. The summed E-state index contributed by atoms with van der Waals surface area (Å²) in [5.74, 6) is -1.04. The number of fused-ring (bicyclic) bond motifs is 1. The fraction of sp³-hybridized carbons (Fsp3) is 0.167. The number of hydrogen-bond donors (Lipinski definition) is 1. The minimum Gasteiger partial charge on any atom is -0.477 e. The molecule has 0 atom stereocenters. The monoisotopic (exact) mass is 257 g/mol. The molecule has 7 nitrogen and oxygen atoms in total. The van der Waals surface area contributed by atoms with Crippen molar-refractivity contribution in [3.63, 3.8) is 0 Å². The van der Waals surface area contributed by atoms with E-state index in [1.807, 2.05) is 20.2 Å². The average Bonchev–Trinajstić information content (AvgIpc) is 2.92. The van der Waals surface area contributed by atoms with Crippen LogP contribution in [0.5, 0.6) is 0 Å². The molecule has 0 aromatic carbocycles. The van der Waals surface area contributed by atoms with Crippen molar-refractivity contribution in [1.82, 2.24) is 24.4 Å². The maximum absolute atomic E-state index is 11.1. The van der Waals surface area contributed by atoms with Crippen molar-refractivity contribution in [1.29, 1.82) is 0 Å². The van der Waals surface area contributed by atoms with Gasteiger partial charge >= 0.3 is 5.97 Å². The molecule has 96 valence electrons. The molecular weight excluding hydrogens is 246 g/mol. The molecule has 3 aromatic heterocycles. The van der Waals surface area contributed by atoms with E-state index in [-0.39, 0.29) is 5.56 Å². The second-order valence-electron chi connectivity index (χ2n) is 4.23. The number of carboxylic acid groups (broad SMARTS) is 1. The van der Waals surface area contributed by atoms with Gasteiger partial charge in [0.15, 0.2) is 5.65 Å². The number of carboxylic acids is 1. The van der Waals surface area contributed by atoms with E-state index in [2.05, 4.69) is 15.2 Å². The lowest BCUT2D eigenvalue weighted by atomic mass is 10.2. The van der Waals surface area contributed by atoms with Crippen molar-refractivity contribution in [3.05, 3.63) is 35.9 Å². The summed E-state index contributed by atoms with van der Waals surface area (Å²) in [7, 11) is 1.83. The molecule has 7 heteroatoms. The molecule has 0 unspecified atom stereocenters. The molecule has 1 N–H and O–H groups in total. The zero-order valence-corrected chi connectivity index (χ0v) is 10.4. The van der Waals surface area contributed by atoms with Crippen molar-refractivity contribution >= 4 is 11.6 Å². The largest absolute Gasteiger partial charge is 0.477 e. The summed E-state index contributed by atoms with van der Waals surface area (Å²) in [4.78, 5) is 15.2. The topological polar surface area (TPSA) is 85.3 Å². The zero-order valence-electron chi connectivity index (χ0n) is 10.4. The summed E-state index contributed by atoms with van der Waals surface area (Å²) in [5, 5.41) is 17.5. The number of nitrogens with zero attached hydrogens (tertiary/aromatic N) is 5. The van der Waals surface area contributed by atoms with Crippen LogP contribution in [0.3, 0.4) is 0 Å². The molecule has 0 radical (unpaired) electrons. The summed E-state index contributed by atoms with van der Waals surface area (Å²) in [6.07, 6.45) is 4.75. The highest BCUT2D eigenvalue weighted by Gasteiger charge is 2.16. The van der Waals surface area contributed by atoms with Gasteiger partial charge in [-0.05, 0) is 13.0 Å². The van der Waals surface area contributed by atoms with Gasteiger partial charge in [0.25, 0.3) is 0 Å². The number of hydrogen-bond acceptors (Lipinski definition) is 4. The first-order valence-electron chi connectivity index (χ1n) is 5.64. The zero-order chi connectivity index (χ0) is 13.6. The number of rotatable bonds is 2. The van der Waals surface area contributed by atoms with Gasteiger partial charge in [0.2, 0.25) is 0 Å². The van der Waals surface area contributed by atoms with Crippen molar-refractivity contribution in [3.8, 4) is 11.3 Å². The summed E-state index contributed by atoms with van der Waals surface area (Å²) in [5.41, 5.74) is 2.93. The predicted molar refractivity (Wildman–Crippen MR) is 66.9 cm³/mol. The molecule has 0 saturated heterocycles. The normalized spacial score (nSPS) is 11.1. The molecule has 3 rings (SSSR count). The Morgan fingerprint density at radius 3 is 2.84 bits per heavy atom. The Bertz CT molecular complexity index is 787. The number of aromatic nitrogens is 5. The minimum absolute atomic E-state index is 0.0865. The van der Waals surface area contributed by atoms with E-state index in [0.717, 1.165) is 17.0 Å². The number of carbonyl (C=O) groups is 1. The second kappa shape index (κ2) is 3.91. The molecule has 0 saturated carbocycles. The molecule has 0 aliphatic heterocycles. The lowest BCUT2D eigenvalue weighted by Gasteiger charge is -2.02. The van der Waals surface area contributed by atoms with Gasteiger partial charge in [-0.15, -0.1) is 0 Å². The Balaban J connectivity index is 2.31. The average molecular weight is 257 g/mol. The highest BCUT2D eigenvalue weighted by Crippen LogP contribution is 2.23. The van der Waals surface area contributed by atoms with Crippen LogP contribution in [0.2, 0.25) is 0 Å². The lowest BCUT2D eigenvalue weighted by Crippen LogP contribution is -1.99. The highest BCUT2D eigenvalue weighted by molar-refractivity contribution is 5.94. The van der Waals surface area contributed by atoms with Gasteiger partial charge in [-0.3, -0.25) is 4.68 Å². The van der Waals surface area contributed by atoms with Gasteiger partial charge in [-0.2, -0.15) is 10.2 Å². The van der Waals surface area contributed by atoms with Crippen molar-refractivity contribution in [2.24, 2.45) is 7.05 Å². The number of aromatic carboxylic acids is 1. The van der Waals surface area contributed by atoms with Crippen LogP contribution in [0.25, 0.3) is 16.9 Å². The molecule has 0 aliphatic rings. The molecule has 0 amide bonds. The second-order valence-corrected chi connectivity index (χ2v) is 4.23. The van der Waals surface area contributed by atoms with Crippen LogP contribution in [0.15, 0.2) is 24.7 Å². The van der Waals surface area contributed by atoms with Gasteiger partial charge < -0.3 is 5.11 Å². The first-order valence-corrected chi connectivity index (χ1v) is 5.64.